The van der Waals surface area contributed by atoms with Gasteiger partial charge < -0.3 is 10.2 Å². The van der Waals surface area contributed by atoms with Crippen LogP contribution in [-0.4, -0.2) is 36.6 Å². The normalized spacial score (nSPS) is 26.0. The van der Waals surface area contributed by atoms with Gasteiger partial charge in [0, 0.05) is 12.1 Å². The Kier molecular flexibility index (Phi) is 7.25. The monoisotopic (exact) mass is 254 g/mol. The minimum atomic E-state index is 0.647. The lowest BCUT2D eigenvalue weighted by Gasteiger charge is -2.30. The topological polar surface area (TPSA) is 15.3 Å². The molecule has 2 heteroatoms. The zero-order valence-corrected chi connectivity index (χ0v) is 13.2. The summed E-state index contributed by atoms with van der Waals surface area (Å²) < 4.78 is 0. The van der Waals surface area contributed by atoms with Gasteiger partial charge in [-0.1, -0.05) is 20.8 Å². The van der Waals surface area contributed by atoms with E-state index in [1.165, 1.54) is 38.8 Å². The van der Waals surface area contributed by atoms with Crippen LogP contribution in [0.3, 0.4) is 0 Å². The minimum Gasteiger partial charge on any atom is -0.314 e. The van der Waals surface area contributed by atoms with E-state index in [4.69, 9.17) is 0 Å². The van der Waals surface area contributed by atoms with Crippen molar-refractivity contribution >= 4 is 0 Å². The van der Waals surface area contributed by atoms with E-state index in [2.05, 4.69) is 44.8 Å². The van der Waals surface area contributed by atoms with Crippen molar-refractivity contribution in [1.82, 2.24) is 10.2 Å². The van der Waals surface area contributed by atoms with Gasteiger partial charge in [0.2, 0.25) is 0 Å². The van der Waals surface area contributed by atoms with Crippen molar-refractivity contribution in [2.75, 3.05) is 19.6 Å². The largest absolute Gasteiger partial charge is 0.314 e. The van der Waals surface area contributed by atoms with Crippen molar-refractivity contribution in [3.8, 4) is 0 Å². The Morgan fingerprint density at radius 1 is 1.11 bits per heavy atom. The number of hydrogen-bond acceptors (Lipinski definition) is 2. The fourth-order valence-electron chi connectivity index (χ4n) is 3.34. The molecule has 1 heterocycles. The molecule has 0 saturated carbocycles. The Bertz CT molecular complexity index is 215. The Labute approximate surface area is 115 Å². The van der Waals surface area contributed by atoms with Crippen LogP contribution in [0.5, 0.6) is 0 Å². The number of nitrogens with one attached hydrogen (secondary N) is 1. The van der Waals surface area contributed by atoms with Crippen molar-refractivity contribution in [3.05, 3.63) is 0 Å². The molecular weight excluding hydrogens is 220 g/mol. The van der Waals surface area contributed by atoms with Gasteiger partial charge in [-0.2, -0.15) is 0 Å². The fraction of sp³-hybridized carbons (Fsp3) is 1.00. The van der Waals surface area contributed by atoms with Crippen LogP contribution in [0.2, 0.25) is 0 Å². The van der Waals surface area contributed by atoms with Gasteiger partial charge in [0.15, 0.2) is 0 Å². The first-order valence-corrected chi connectivity index (χ1v) is 8.02. The molecule has 0 aromatic carbocycles. The molecule has 0 spiro atoms. The Hall–Kier alpha value is -0.0800. The van der Waals surface area contributed by atoms with Gasteiger partial charge >= 0.3 is 0 Å². The van der Waals surface area contributed by atoms with E-state index in [0.29, 0.717) is 6.04 Å². The first-order chi connectivity index (χ1) is 8.54. The van der Waals surface area contributed by atoms with Gasteiger partial charge in [-0.25, -0.2) is 0 Å². The van der Waals surface area contributed by atoms with Crippen LogP contribution in [0.4, 0.5) is 0 Å². The summed E-state index contributed by atoms with van der Waals surface area (Å²) >= 11 is 0. The molecule has 1 N–H and O–H groups in total. The van der Waals surface area contributed by atoms with Gasteiger partial charge in [-0.3, -0.25) is 0 Å². The Balaban J connectivity index is 2.37. The highest BCUT2D eigenvalue weighted by molar-refractivity contribution is 4.78. The molecule has 1 aliphatic heterocycles. The van der Waals surface area contributed by atoms with E-state index in [1.54, 1.807) is 0 Å². The maximum Gasteiger partial charge on any atom is 0.00816 e. The second-order valence-corrected chi connectivity index (χ2v) is 6.51. The minimum absolute atomic E-state index is 0.647. The van der Waals surface area contributed by atoms with Crippen LogP contribution in [0.15, 0.2) is 0 Å². The number of rotatable bonds is 6. The molecule has 0 aliphatic carbocycles. The predicted octanol–water partition coefficient (Wildman–Crippen LogP) is 3.52. The smallest absolute Gasteiger partial charge is 0.00816 e. The molecule has 1 rings (SSSR count). The fourth-order valence-corrected chi connectivity index (χ4v) is 3.34. The predicted molar refractivity (Wildman–Crippen MR) is 81.0 cm³/mol. The molecule has 0 bridgehead atoms. The highest BCUT2D eigenvalue weighted by Gasteiger charge is 2.22. The molecule has 3 unspecified atom stereocenters. The zero-order valence-electron chi connectivity index (χ0n) is 13.2. The molecule has 1 aliphatic rings. The van der Waals surface area contributed by atoms with E-state index in [-0.39, 0.29) is 0 Å². The highest BCUT2D eigenvalue weighted by atomic mass is 15.2. The molecule has 18 heavy (non-hydrogen) atoms. The number of likely N-dealkylation sites (tertiary alicyclic amines) is 1. The maximum absolute atomic E-state index is 3.53. The van der Waals surface area contributed by atoms with Crippen molar-refractivity contribution < 1.29 is 0 Å². The van der Waals surface area contributed by atoms with Crippen LogP contribution >= 0.6 is 0 Å². The summed E-state index contributed by atoms with van der Waals surface area (Å²) in [6, 6.07) is 1.37. The molecule has 108 valence electrons. The molecular formula is C16H34N2. The second-order valence-electron chi connectivity index (χ2n) is 6.51. The van der Waals surface area contributed by atoms with Gasteiger partial charge in [0.05, 0.1) is 0 Å². The summed E-state index contributed by atoms with van der Waals surface area (Å²) in [5.41, 5.74) is 0. The van der Waals surface area contributed by atoms with Gasteiger partial charge in [-0.15, -0.1) is 0 Å². The van der Waals surface area contributed by atoms with Gasteiger partial charge in [-0.05, 0) is 71.0 Å². The third-order valence-electron chi connectivity index (χ3n) is 4.62. The first-order valence-electron chi connectivity index (χ1n) is 8.02. The van der Waals surface area contributed by atoms with Crippen LogP contribution in [0.1, 0.15) is 60.3 Å². The summed E-state index contributed by atoms with van der Waals surface area (Å²) in [7, 11) is 0. The second kappa shape index (κ2) is 8.16. The molecule has 1 saturated heterocycles. The third-order valence-corrected chi connectivity index (χ3v) is 4.62. The standard InChI is InChI=1S/C16H34N2/c1-6-17-14(4)12-15(5)18-10-7-8-16(9-11-18)13(2)3/h13-17H,6-12H2,1-5H3. The summed E-state index contributed by atoms with van der Waals surface area (Å²) in [5, 5.41) is 3.53. The zero-order chi connectivity index (χ0) is 13.5. The van der Waals surface area contributed by atoms with Crippen LogP contribution in [0.25, 0.3) is 0 Å². The van der Waals surface area contributed by atoms with E-state index in [1.807, 2.05) is 0 Å². The summed E-state index contributed by atoms with van der Waals surface area (Å²) in [6.07, 6.45) is 5.50. The number of nitrogens with zero attached hydrogens (tertiary/aromatic N) is 1. The van der Waals surface area contributed by atoms with E-state index in [9.17, 15) is 0 Å². The third kappa shape index (κ3) is 5.27. The maximum atomic E-state index is 3.53. The lowest BCUT2D eigenvalue weighted by atomic mass is 9.89. The first kappa shape index (κ1) is 16.0. The molecule has 0 aromatic rings. The van der Waals surface area contributed by atoms with Crippen molar-refractivity contribution in [2.24, 2.45) is 11.8 Å². The molecule has 2 nitrogen and oxygen atoms in total. The number of hydrogen-bond donors (Lipinski definition) is 1. The average Bonchev–Trinajstić information content (AvgIpc) is 2.54. The van der Waals surface area contributed by atoms with Crippen LogP contribution in [-0.2, 0) is 0 Å². The van der Waals surface area contributed by atoms with Gasteiger partial charge in [0.25, 0.3) is 0 Å². The quantitative estimate of drug-likeness (QED) is 0.780. The van der Waals surface area contributed by atoms with Crippen molar-refractivity contribution in [3.63, 3.8) is 0 Å². The average molecular weight is 254 g/mol. The molecule has 3 atom stereocenters. The Morgan fingerprint density at radius 2 is 1.83 bits per heavy atom. The van der Waals surface area contributed by atoms with Gasteiger partial charge in [0.1, 0.15) is 0 Å². The molecule has 1 fully saturated rings. The summed E-state index contributed by atoms with van der Waals surface area (Å²) in [6.45, 7) is 15.4. The van der Waals surface area contributed by atoms with E-state index in [0.717, 1.165) is 24.4 Å². The summed E-state index contributed by atoms with van der Waals surface area (Å²) in [4.78, 5) is 2.72. The van der Waals surface area contributed by atoms with E-state index < -0.39 is 0 Å². The van der Waals surface area contributed by atoms with Crippen molar-refractivity contribution in [2.45, 2.75) is 72.4 Å². The SMILES string of the molecule is CCNC(C)CC(C)N1CCCC(C(C)C)CC1. The molecule has 0 amide bonds. The lowest BCUT2D eigenvalue weighted by molar-refractivity contribution is 0.191. The highest BCUT2D eigenvalue weighted by Crippen LogP contribution is 2.25. The Morgan fingerprint density at radius 3 is 2.44 bits per heavy atom. The van der Waals surface area contributed by atoms with Crippen molar-refractivity contribution in [1.29, 1.82) is 0 Å². The molecule has 0 radical (unpaired) electrons. The van der Waals surface area contributed by atoms with Crippen LogP contribution < -0.4 is 5.32 Å². The molecule has 0 aromatic heterocycles. The summed E-state index contributed by atoms with van der Waals surface area (Å²) in [5.74, 6) is 1.81. The van der Waals surface area contributed by atoms with Crippen LogP contribution in [0, 0.1) is 11.8 Å². The lowest BCUT2D eigenvalue weighted by Crippen LogP contribution is -2.39. The van der Waals surface area contributed by atoms with E-state index >= 15 is 0 Å².